The number of benzene rings is 1. The summed E-state index contributed by atoms with van der Waals surface area (Å²) >= 11 is 6.27. The van der Waals surface area contributed by atoms with Gasteiger partial charge in [-0.3, -0.25) is 9.59 Å². The van der Waals surface area contributed by atoms with Crippen molar-refractivity contribution in [2.24, 2.45) is 5.41 Å². The van der Waals surface area contributed by atoms with Crippen LogP contribution in [0.5, 0.6) is 0 Å². The van der Waals surface area contributed by atoms with E-state index >= 15 is 0 Å². The third-order valence-corrected chi connectivity index (χ3v) is 4.53. The van der Waals surface area contributed by atoms with Crippen LogP contribution in [0.2, 0.25) is 5.02 Å². The number of para-hydroxylation sites is 1. The fourth-order valence-corrected chi connectivity index (χ4v) is 3.02. The van der Waals surface area contributed by atoms with Crippen molar-refractivity contribution < 1.29 is 14.7 Å². The van der Waals surface area contributed by atoms with Crippen LogP contribution in [-0.2, 0) is 4.79 Å². The number of hydrogen-bond donors (Lipinski definition) is 2. The van der Waals surface area contributed by atoms with Gasteiger partial charge >= 0.3 is 5.97 Å². The number of H-pyrrole nitrogens is 1. The summed E-state index contributed by atoms with van der Waals surface area (Å²) in [5, 5.41) is 10.4. The number of carbonyl (C=O) groups is 2. The number of carbonyl (C=O) groups excluding carboxylic acids is 1. The predicted molar refractivity (Wildman–Crippen MR) is 79.6 cm³/mol. The summed E-state index contributed by atoms with van der Waals surface area (Å²) < 4.78 is 0. The minimum absolute atomic E-state index is 0.201. The zero-order chi connectivity index (χ0) is 15.2. The van der Waals surface area contributed by atoms with Crippen molar-refractivity contribution in [1.82, 2.24) is 9.88 Å². The molecule has 2 heterocycles. The molecular formula is C15H15ClN2O3. The number of nitrogens with zero attached hydrogens (tertiary/aromatic N) is 1. The van der Waals surface area contributed by atoms with Gasteiger partial charge in [0, 0.05) is 24.0 Å². The molecule has 2 aromatic rings. The van der Waals surface area contributed by atoms with Gasteiger partial charge in [-0.2, -0.15) is 0 Å². The zero-order valence-corrected chi connectivity index (χ0v) is 12.3. The molecular weight excluding hydrogens is 292 g/mol. The summed E-state index contributed by atoms with van der Waals surface area (Å²) in [5.74, 6) is -1.12. The Kier molecular flexibility index (Phi) is 3.17. The monoisotopic (exact) mass is 306 g/mol. The van der Waals surface area contributed by atoms with E-state index in [-0.39, 0.29) is 12.5 Å². The van der Waals surface area contributed by atoms with E-state index in [2.05, 4.69) is 4.98 Å². The lowest BCUT2D eigenvalue weighted by Gasteiger charge is -2.19. The lowest BCUT2D eigenvalue weighted by Crippen LogP contribution is -2.35. The number of halogens is 1. The van der Waals surface area contributed by atoms with Crippen LogP contribution in [0.15, 0.2) is 24.3 Å². The molecule has 21 heavy (non-hydrogen) atoms. The Morgan fingerprint density at radius 3 is 2.71 bits per heavy atom. The third kappa shape index (κ3) is 2.17. The molecule has 110 valence electrons. The van der Waals surface area contributed by atoms with Crippen molar-refractivity contribution in [3.63, 3.8) is 0 Å². The molecule has 1 aliphatic rings. The average molecular weight is 307 g/mol. The van der Waals surface area contributed by atoms with Gasteiger partial charge in [0.05, 0.1) is 10.4 Å². The molecule has 1 saturated heterocycles. The van der Waals surface area contributed by atoms with Crippen LogP contribution >= 0.6 is 11.6 Å². The van der Waals surface area contributed by atoms with Gasteiger partial charge < -0.3 is 15.0 Å². The summed E-state index contributed by atoms with van der Waals surface area (Å²) in [6, 6.07) is 7.41. The summed E-state index contributed by atoms with van der Waals surface area (Å²) in [6.45, 7) is 2.29. The topological polar surface area (TPSA) is 73.4 Å². The van der Waals surface area contributed by atoms with Gasteiger partial charge in [0.1, 0.15) is 5.69 Å². The number of aliphatic carboxylic acids is 1. The van der Waals surface area contributed by atoms with E-state index in [0.717, 1.165) is 10.9 Å². The Bertz CT molecular complexity index is 740. The molecule has 1 unspecified atom stereocenters. The highest BCUT2D eigenvalue weighted by molar-refractivity contribution is 6.38. The van der Waals surface area contributed by atoms with Crippen LogP contribution < -0.4 is 0 Å². The van der Waals surface area contributed by atoms with Crippen molar-refractivity contribution in [2.45, 2.75) is 13.3 Å². The number of carboxylic acids is 1. The van der Waals surface area contributed by atoms with Crippen LogP contribution in [0.4, 0.5) is 0 Å². The maximum absolute atomic E-state index is 12.6. The van der Waals surface area contributed by atoms with Gasteiger partial charge in [-0.1, -0.05) is 29.8 Å². The Hall–Kier alpha value is -2.01. The molecule has 0 saturated carbocycles. The SMILES string of the molecule is CC1(C(=O)O)CCN(C(=O)c2[nH]c3ccccc3c2Cl)C1. The third-order valence-electron chi connectivity index (χ3n) is 4.13. The number of carboxylic acid groups (broad SMARTS) is 1. The minimum Gasteiger partial charge on any atom is -0.481 e. The maximum atomic E-state index is 12.6. The number of likely N-dealkylation sites (tertiary alicyclic amines) is 1. The molecule has 1 aliphatic heterocycles. The highest BCUT2D eigenvalue weighted by Gasteiger charge is 2.42. The number of rotatable bonds is 2. The van der Waals surface area contributed by atoms with E-state index in [4.69, 9.17) is 11.6 Å². The molecule has 1 atom stereocenters. The Labute approximate surface area is 126 Å². The minimum atomic E-state index is -0.881. The van der Waals surface area contributed by atoms with E-state index in [1.54, 1.807) is 11.8 Å². The lowest BCUT2D eigenvalue weighted by molar-refractivity contribution is -0.147. The number of aromatic amines is 1. The largest absolute Gasteiger partial charge is 0.481 e. The highest BCUT2D eigenvalue weighted by Crippen LogP contribution is 2.33. The van der Waals surface area contributed by atoms with Crippen LogP contribution in [0.25, 0.3) is 10.9 Å². The van der Waals surface area contributed by atoms with Crippen molar-refractivity contribution in [3.05, 3.63) is 35.0 Å². The molecule has 6 heteroatoms. The van der Waals surface area contributed by atoms with Gasteiger partial charge in [0.25, 0.3) is 5.91 Å². The van der Waals surface area contributed by atoms with E-state index in [0.29, 0.717) is 23.7 Å². The number of nitrogens with one attached hydrogen (secondary N) is 1. The van der Waals surface area contributed by atoms with E-state index in [1.807, 2.05) is 24.3 Å². The van der Waals surface area contributed by atoms with Gasteiger partial charge in [-0.25, -0.2) is 0 Å². The first-order valence-electron chi connectivity index (χ1n) is 6.71. The average Bonchev–Trinajstić information content (AvgIpc) is 3.01. The first-order chi connectivity index (χ1) is 9.92. The molecule has 0 aliphatic carbocycles. The molecule has 0 radical (unpaired) electrons. The summed E-state index contributed by atoms with van der Waals surface area (Å²) in [7, 11) is 0. The van der Waals surface area contributed by atoms with Gasteiger partial charge in [-0.05, 0) is 19.4 Å². The molecule has 5 nitrogen and oxygen atoms in total. The maximum Gasteiger partial charge on any atom is 0.311 e. The lowest BCUT2D eigenvalue weighted by atomic mass is 9.90. The molecule has 0 bridgehead atoms. The second kappa shape index (κ2) is 4.77. The Morgan fingerprint density at radius 1 is 1.38 bits per heavy atom. The van der Waals surface area contributed by atoms with Gasteiger partial charge in [0.2, 0.25) is 0 Å². The fourth-order valence-electron chi connectivity index (χ4n) is 2.72. The van der Waals surface area contributed by atoms with Crippen LogP contribution in [0, 0.1) is 5.41 Å². The molecule has 2 N–H and O–H groups in total. The smallest absolute Gasteiger partial charge is 0.311 e. The van der Waals surface area contributed by atoms with Crippen molar-refractivity contribution in [3.8, 4) is 0 Å². The Morgan fingerprint density at radius 2 is 2.10 bits per heavy atom. The molecule has 1 fully saturated rings. The van der Waals surface area contributed by atoms with Crippen molar-refractivity contribution in [1.29, 1.82) is 0 Å². The van der Waals surface area contributed by atoms with Crippen LogP contribution in [0.3, 0.4) is 0 Å². The van der Waals surface area contributed by atoms with Crippen molar-refractivity contribution in [2.75, 3.05) is 13.1 Å². The summed E-state index contributed by atoms with van der Waals surface area (Å²) in [5.41, 5.74) is 0.243. The first-order valence-corrected chi connectivity index (χ1v) is 7.09. The van der Waals surface area contributed by atoms with Crippen LogP contribution in [-0.4, -0.2) is 40.0 Å². The quantitative estimate of drug-likeness (QED) is 0.896. The number of aromatic nitrogens is 1. The zero-order valence-electron chi connectivity index (χ0n) is 11.5. The first kappa shape index (κ1) is 13.9. The number of amides is 1. The second-order valence-corrected chi connectivity index (χ2v) is 6.08. The second-order valence-electron chi connectivity index (χ2n) is 5.70. The molecule has 1 aromatic carbocycles. The van der Waals surface area contributed by atoms with E-state index in [1.165, 1.54) is 0 Å². The molecule has 3 rings (SSSR count). The van der Waals surface area contributed by atoms with E-state index < -0.39 is 11.4 Å². The Balaban J connectivity index is 1.92. The molecule has 0 spiro atoms. The van der Waals surface area contributed by atoms with Crippen molar-refractivity contribution >= 4 is 34.4 Å². The van der Waals surface area contributed by atoms with Gasteiger partial charge in [-0.15, -0.1) is 0 Å². The highest BCUT2D eigenvalue weighted by atomic mass is 35.5. The fraction of sp³-hybridized carbons (Fsp3) is 0.333. The molecule has 1 amide bonds. The standard InChI is InChI=1S/C15H15ClN2O3/c1-15(14(20)21)6-7-18(8-15)13(19)12-11(16)9-4-2-3-5-10(9)17-12/h2-5,17H,6-8H2,1H3,(H,20,21). The summed E-state index contributed by atoms with van der Waals surface area (Å²) in [4.78, 5) is 28.4. The molecule has 1 aromatic heterocycles. The van der Waals surface area contributed by atoms with E-state index in [9.17, 15) is 14.7 Å². The predicted octanol–water partition coefficient (Wildman–Crippen LogP) is 2.76. The van der Waals surface area contributed by atoms with Crippen LogP contribution in [0.1, 0.15) is 23.8 Å². The normalized spacial score (nSPS) is 21.9. The summed E-state index contributed by atoms with van der Waals surface area (Å²) in [6.07, 6.45) is 0.450. The van der Waals surface area contributed by atoms with Gasteiger partial charge in [0.15, 0.2) is 0 Å². The number of fused-ring (bicyclic) bond motifs is 1. The number of hydrogen-bond acceptors (Lipinski definition) is 2.